The second kappa shape index (κ2) is 9.92. The third kappa shape index (κ3) is 5.56. The first kappa shape index (κ1) is 21.6. The van der Waals surface area contributed by atoms with Crippen LogP contribution in [-0.4, -0.2) is 59.5 Å². The zero-order chi connectivity index (χ0) is 15.5. The third-order valence-electron chi connectivity index (χ3n) is 4.67. The number of carbonyl (C=O) groups is 1. The monoisotopic (exact) mass is 394 g/mol. The van der Waals surface area contributed by atoms with Crippen molar-refractivity contribution in [3.63, 3.8) is 0 Å². The standard InChI is InChI=1S/C16H26N4OS.2ClH/c1-12-9-20(8-5-17-12)16(21)14-3-6-19(7-4-14)10-15-11-22-13(2)18-15;;/h11-12,14,17H,3-10H2,1-2H3;2*1H. The molecule has 1 amide bonds. The van der Waals surface area contributed by atoms with Crippen molar-refractivity contribution >= 4 is 42.1 Å². The average Bonchev–Trinajstić information content (AvgIpc) is 2.92. The predicted octanol–water partition coefficient (Wildman–Crippen LogP) is 2.33. The fourth-order valence-electron chi connectivity index (χ4n) is 3.44. The summed E-state index contributed by atoms with van der Waals surface area (Å²) >= 11 is 1.71. The number of aryl methyl sites for hydroxylation is 1. The molecule has 0 saturated carbocycles. The van der Waals surface area contributed by atoms with E-state index in [1.807, 2.05) is 6.92 Å². The van der Waals surface area contributed by atoms with Gasteiger partial charge in [-0.3, -0.25) is 9.69 Å². The van der Waals surface area contributed by atoms with E-state index in [2.05, 4.69) is 32.4 Å². The number of rotatable bonds is 3. The van der Waals surface area contributed by atoms with Gasteiger partial charge in [0, 0.05) is 43.5 Å². The second-order valence-corrected chi connectivity index (χ2v) is 7.61. The Morgan fingerprint density at radius 1 is 1.33 bits per heavy atom. The summed E-state index contributed by atoms with van der Waals surface area (Å²) in [5.41, 5.74) is 1.17. The zero-order valence-corrected chi connectivity index (χ0v) is 16.8. The van der Waals surface area contributed by atoms with Crippen LogP contribution in [0.4, 0.5) is 0 Å². The summed E-state index contributed by atoms with van der Waals surface area (Å²) in [5.74, 6) is 0.594. The molecule has 1 aromatic heterocycles. The van der Waals surface area contributed by atoms with Gasteiger partial charge < -0.3 is 10.2 Å². The topological polar surface area (TPSA) is 48.5 Å². The molecule has 1 N–H and O–H groups in total. The van der Waals surface area contributed by atoms with E-state index in [4.69, 9.17) is 0 Å². The van der Waals surface area contributed by atoms with Crippen molar-refractivity contribution in [2.45, 2.75) is 39.3 Å². The molecule has 2 aliphatic heterocycles. The third-order valence-corrected chi connectivity index (χ3v) is 5.49. The Balaban J connectivity index is 0.00000144. The van der Waals surface area contributed by atoms with Crippen LogP contribution in [0.3, 0.4) is 0 Å². The molecule has 1 atom stereocenters. The van der Waals surface area contributed by atoms with E-state index < -0.39 is 0 Å². The van der Waals surface area contributed by atoms with Crippen molar-refractivity contribution in [2.24, 2.45) is 5.92 Å². The SMILES string of the molecule is Cc1nc(CN2CCC(C(=O)N3CCNC(C)C3)CC2)cs1.Cl.Cl. The summed E-state index contributed by atoms with van der Waals surface area (Å²) < 4.78 is 0. The van der Waals surface area contributed by atoms with Gasteiger partial charge in [0.05, 0.1) is 10.7 Å². The van der Waals surface area contributed by atoms with E-state index in [0.717, 1.165) is 57.1 Å². The lowest BCUT2D eigenvalue weighted by Crippen LogP contribution is -2.53. The minimum Gasteiger partial charge on any atom is -0.340 e. The Morgan fingerprint density at radius 2 is 2.04 bits per heavy atom. The number of halogens is 2. The number of nitrogens with one attached hydrogen (secondary N) is 1. The Hall–Kier alpha value is -0.400. The Labute approximate surface area is 161 Å². The molecule has 1 unspecified atom stereocenters. The van der Waals surface area contributed by atoms with Gasteiger partial charge in [-0.25, -0.2) is 4.98 Å². The highest BCUT2D eigenvalue weighted by Crippen LogP contribution is 2.22. The first-order chi connectivity index (χ1) is 10.6. The molecule has 0 spiro atoms. The van der Waals surface area contributed by atoms with Crippen molar-refractivity contribution in [3.05, 3.63) is 16.1 Å². The molecule has 8 heteroatoms. The largest absolute Gasteiger partial charge is 0.340 e. The predicted molar refractivity (Wildman–Crippen MR) is 103 cm³/mol. The molecule has 3 rings (SSSR count). The zero-order valence-electron chi connectivity index (χ0n) is 14.4. The molecule has 2 saturated heterocycles. The number of carbonyl (C=O) groups excluding carboxylic acids is 1. The van der Waals surface area contributed by atoms with Crippen LogP contribution in [0, 0.1) is 12.8 Å². The summed E-state index contributed by atoms with van der Waals surface area (Å²) in [6.07, 6.45) is 1.97. The number of piperidine rings is 1. The van der Waals surface area contributed by atoms with E-state index in [1.165, 1.54) is 5.69 Å². The molecular formula is C16H28Cl2N4OS. The highest BCUT2D eigenvalue weighted by atomic mass is 35.5. The van der Waals surface area contributed by atoms with Crippen LogP contribution in [0.1, 0.15) is 30.5 Å². The normalized spacial score (nSPS) is 22.6. The molecular weight excluding hydrogens is 367 g/mol. The van der Waals surface area contributed by atoms with Gasteiger partial charge in [-0.05, 0) is 39.8 Å². The highest BCUT2D eigenvalue weighted by molar-refractivity contribution is 7.09. The minimum absolute atomic E-state index is 0. The smallest absolute Gasteiger partial charge is 0.225 e. The molecule has 5 nitrogen and oxygen atoms in total. The molecule has 0 radical (unpaired) electrons. The number of nitrogens with zero attached hydrogens (tertiary/aromatic N) is 3. The van der Waals surface area contributed by atoms with Crippen LogP contribution in [-0.2, 0) is 11.3 Å². The summed E-state index contributed by atoms with van der Waals surface area (Å²) in [6.45, 7) is 9.79. The Morgan fingerprint density at radius 3 is 2.62 bits per heavy atom. The maximum atomic E-state index is 12.6. The van der Waals surface area contributed by atoms with Crippen LogP contribution in [0.2, 0.25) is 0 Å². The first-order valence-electron chi connectivity index (χ1n) is 8.27. The lowest BCUT2D eigenvalue weighted by Gasteiger charge is -2.37. The molecule has 1 aromatic rings. The van der Waals surface area contributed by atoms with Gasteiger partial charge in [0.1, 0.15) is 0 Å². The van der Waals surface area contributed by atoms with Crippen LogP contribution >= 0.6 is 36.2 Å². The van der Waals surface area contributed by atoms with Gasteiger partial charge in [0.2, 0.25) is 5.91 Å². The quantitative estimate of drug-likeness (QED) is 0.854. The van der Waals surface area contributed by atoms with Gasteiger partial charge in [-0.2, -0.15) is 0 Å². The molecule has 0 aliphatic carbocycles. The van der Waals surface area contributed by atoms with Gasteiger partial charge in [0.15, 0.2) is 0 Å². The minimum atomic E-state index is 0. The maximum Gasteiger partial charge on any atom is 0.225 e. The van der Waals surface area contributed by atoms with Crippen molar-refractivity contribution < 1.29 is 4.79 Å². The molecule has 0 bridgehead atoms. The van der Waals surface area contributed by atoms with Crippen LogP contribution < -0.4 is 5.32 Å². The summed E-state index contributed by atoms with van der Waals surface area (Å²) in [5, 5.41) is 6.68. The highest BCUT2D eigenvalue weighted by Gasteiger charge is 2.30. The van der Waals surface area contributed by atoms with Gasteiger partial charge in [-0.1, -0.05) is 0 Å². The van der Waals surface area contributed by atoms with Gasteiger partial charge in [0.25, 0.3) is 0 Å². The van der Waals surface area contributed by atoms with Gasteiger partial charge in [-0.15, -0.1) is 36.2 Å². The fourth-order valence-corrected chi connectivity index (χ4v) is 4.04. The van der Waals surface area contributed by atoms with Crippen LogP contribution in [0.5, 0.6) is 0 Å². The summed E-state index contributed by atoms with van der Waals surface area (Å²) in [4.78, 5) is 21.7. The number of hydrogen-bond acceptors (Lipinski definition) is 5. The van der Waals surface area contributed by atoms with E-state index in [9.17, 15) is 4.79 Å². The van der Waals surface area contributed by atoms with Crippen LogP contribution in [0.25, 0.3) is 0 Å². The van der Waals surface area contributed by atoms with Crippen molar-refractivity contribution in [2.75, 3.05) is 32.7 Å². The fraction of sp³-hybridized carbons (Fsp3) is 0.750. The summed E-state index contributed by atoms with van der Waals surface area (Å²) in [7, 11) is 0. The van der Waals surface area contributed by atoms with E-state index in [1.54, 1.807) is 11.3 Å². The van der Waals surface area contributed by atoms with Crippen molar-refractivity contribution in [1.82, 2.24) is 20.1 Å². The average molecular weight is 395 g/mol. The maximum absolute atomic E-state index is 12.6. The molecule has 138 valence electrons. The lowest BCUT2D eigenvalue weighted by atomic mass is 9.94. The molecule has 3 heterocycles. The number of thiazole rings is 1. The molecule has 2 fully saturated rings. The van der Waals surface area contributed by atoms with E-state index in [-0.39, 0.29) is 30.7 Å². The Kier molecular flexibility index (Phi) is 8.95. The van der Waals surface area contributed by atoms with E-state index >= 15 is 0 Å². The number of hydrogen-bond donors (Lipinski definition) is 1. The number of amides is 1. The molecule has 24 heavy (non-hydrogen) atoms. The molecule has 0 aromatic carbocycles. The number of piperazine rings is 1. The van der Waals surface area contributed by atoms with Crippen molar-refractivity contribution in [1.29, 1.82) is 0 Å². The second-order valence-electron chi connectivity index (χ2n) is 6.55. The lowest BCUT2D eigenvalue weighted by molar-refractivity contribution is -0.138. The van der Waals surface area contributed by atoms with Crippen LogP contribution in [0.15, 0.2) is 5.38 Å². The molecule has 2 aliphatic rings. The first-order valence-corrected chi connectivity index (χ1v) is 9.15. The van der Waals surface area contributed by atoms with E-state index in [0.29, 0.717) is 11.9 Å². The van der Waals surface area contributed by atoms with Gasteiger partial charge >= 0.3 is 0 Å². The summed E-state index contributed by atoms with van der Waals surface area (Å²) in [6, 6.07) is 0.422. The Bertz CT molecular complexity index is 520. The number of likely N-dealkylation sites (tertiary alicyclic amines) is 1. The van der Waals surface area contributed by atoms with Crippen molar-refractivity contribution in [3.8, 4) is 0 Å². The number of aromatic nitrogens is 1.